The van der Waals surface area contributed by atoms with Crippen LogP contribution in [0.25, 0.3) is 0 Å². The third-order valence-corrected chi connectivity index (χ3v) is 4.30. The molecule has 1 fully saturated rings. The number of benzene rings is 1. The second kappa shape index (κ2) is 4.69. The van der Waals surface area contributed by atoms with E-state index >= 15 is 0 Å². The van der Waals surface area contributed by atoms with Crippen molar-refractivity contribution >= 4 is 0 Å². The molecule has 2 aliphatic rings. The summed E-state index contributed by atoms with van der Waals surface area (Å²) in [5.41, 5.74) is 1.22. The van der Waals surface area contributed by atoms with Crippen molar-refractivity contribution in [1.29, 1.82) is 0 Å². The lowest BCUT2D eigenvalue weighted by atomic mass is 9.86. The summed E-state index contributed by atoms with van der Waals surface area (Å²) < 4.78 is 11.7. The van der Waals surface area contributed by atoms with Crippen molar-refractivity contribution in [2.24, 2.45) is 0 Å². The lowest BCUT2D eigenvalue weighted by Gasteiger charge is -2.42. The van der Waals surface area contributed by atoms with Crippen LogP contribution in [0, 0.1) is 0 Å². The highest BCUT2D eigenvalue weighted by atomic mass is 16.5. The molecule has 0 bridgehead atoms. The fourth-order valence-electron chi connectivity index (χ4n) is 3.19. The molecule has 0 aliphatic carbocycles. The first-order valence-corrected chi connectivity index (χ1v) is 6.88. The van der Waals surface area contributed by atoms with Gasteiger partial charge in [-0.25, -0.2) is 0 Å². The third-order valence-electron chi connectivity index (χ3n) is 4.30. The van der Waals surface area contributed by atoms with Gasteiger partial charge < -0.3 is 19.7 Å². The molecule has 0 aromatic heterocycles. The zero-order valence-corrected chi connectivity index (χ0v) is 11.9. The topological polar surface area (TPSA) is 33.7 Å². The van der Waals surface area contributed by atoms with Gasteiger partial charge in [-0.1, -0.05) is 6.07 Å². The standard InChI is InChI=1S/C15H22N2O2/c1-17(2)13-9-15(6-7-16-10-15)19-14-8-11(18-3)4-5-12(13)14/h4-5,8,13,16H,6-7,9-10H2,1-3H3. The van der Waals surface area contributed by atoms with E-state index in [1.165, 1.54) is 5.56 Å². The SMILES string of the molecule is COc1ccc2c(c1)OC1(CCNC1)CC2N(C)C. The van der Waals surface area contributed by atoms with E-state index in [1.807, 2.05) is 12.1 Å². The Morgan fingerprint density at radius 2 is 2.26 bits per heavy atom. The van der Waals surface area contributed by atoms with Crippen LogP contribution in [0.2, 0.25) is 0 Å². The molecule has 0 saturated carbocycles. The van der Waals surface area contributed by atoms with Crippen LogP contribution in [0.5, 0.6) is 11.5 Å². The van der Waals surface area contributed by atoms with Crippen LogP contribution in [-0.2, 0) is 0 Å². The van der Waals surface area contributed by atoms with Gasteiger partial charge >= 0.3 is 0 Å². The summed E-state index contributed by atoms with van der Waals surface area (Å²) in [5, 5.41) is 3.43. The Labute approximate surface area is 114 Å². The Morgan fingerprint density at radius 3 is 2.89 bits per heavy atom. The van der Waals surface area contributed by atoms with Gasteiger partial charge in [-0.05, 0) is 26.7 Å². The van der Waals surface area contributed by atoms with Crippen LogP contribution in [0.15, 0.2) is 18.2 Å². The molecular weight excluding hydrogens is 240 g/mol. The zero-order chi connectivity index (χ0) is 13.5. The van der Waals surface area contributed by atoms with Gasteiger partial charge in [-0.3, -0.25) is 0 Å². The average Bonchev–Trinajstić information content (AvgIpc) is 2.84. The fraction of sp³-hybridized carbons (Fsp3) is 0.600. The van der Waals surface area contributed by atoms with Crippen molar-refractivity contribution in [1.82, 2.24) is 10.2 Å². The minimum Gasteiger partial charge on any atom is -0.497 e. The second-order valence-corrected chi connectivity index (χ2v) is 5.80. The van der Waals surface area contributed by atoms with Crippen molar-refractivity contribution in [3.63, 3.8) is 0 Å². The molecule has 4 heteroatoms. The van der Waals surface area contributed by atoms with Crippen LogP contribution in [-0.4, -0.2) is 44.8 Å². The van der Waals surface area contributed by atoms with Crippen LogP contribution >= 0.6 is 0 Å². The summed E-state index contributed by atoms with van der Waals surface area (Å²) in [5.74, 6) is 1.84. The first-order valence-electron chi connectivity index (χ1n) is 6.88. The highest BCUT2D eigenvalue weighted by molar-refractivity contribution is 5.45. The second-order valence-electron chi connectivity index (χ2n) is 5.80. The van der Waals surface area contributed by atoms with Gasteiger partial charge in [0.1, 0.15) is 17.1 Å². The van der Waals surface area contributed by atoms with E-state index in [2.05, 4.69) is 30.4 Å². The predicted octanol–water partition coefficient (Wildman–Crippen LogP) is 1.81. The lowest BCUT2D eigenvalue weighted by Crippen LogP contribution is -2.45. The molecule has 2 atom stereocenters. The molecule has 4 nitrogen and oxygen atoms in total. The van der Waals surface area contributed by atoms with E-state index in [9.17, 15) is 0 Å². The van der Waals surface area contributed by atoms with Crippen LogP contribution < -0.4 is 14.8 Å². The fourth-order valence-corrected chi connectivity index (χ4v) is 3.19. The Morgan fingerprint density at radius 1 is 1.42 bits per heavy atom. The van der Waals surface area contributed by atoms with Crippen molar-refractivity contribution in [3.05, 3.63) is 23.8 Å². The minimum atomic E-state index is -0.0473. The molecule has 2 aliphatic heterocycles. The van der Waals surface area contributed by atoms with Gasteiger partial charge in [0.05, 0.1) is 7.11 Å². The Balaban J connectivity index is 2.01. The molecule has 1 aromatic carbocycles. The molecule has 1 spiro atoms. The van der Waals surface area contributed by atoms with Crippen LogP contribution in [0.3, 0.4) is 0 Å². The lowest BCUT2D eigenvalue weighted by molar-refractivity contribution is 0.0287. The zero-order valence-electron chi connectivity index (χ0n) is 11.9. The number of hydrogen-bond donors (Lipinski definition) is 1. The number of hydrogen-bond acceptors (Lipinski definition) is 4. The molecule has 2 unspecified atom stereocenters. The van der Waals surface area contributed by atoms with E-state index < -0.39 is 0 Å². The molecule has 0 amide bonds. The van der Waals surface area contributed by atoms with E-state index in [1.54, 1.807) is 7.11 Å². The largest absolute Gasteiger partial charge is 0.497 e. The van der Waals surface area contributed by atoms with Gasteiger partial charge in [0.25, 0.3) is 0 Å². The van der Waals surface area contributed by atoms with Gasteiger partial charge in [-0.2, -0.15) is 0 Å². The Bertz CT molecular complexity index is 467. The summed E-state index contributed by atoms with van der Waals surface area (Å²) in [4.78, 5) is 2.29. The van der Waals surface area contributed by atoms with Crippen LogP contribution in [0.1, 0.15) is 24.4 Å². The van der Waals surface area contributed by atoms with Gasteiger partial charge in [0.15, 0.2) is 0 Å². The van der Waals surface area contributed by atoms with E-state index in [0.29, 0.717) is 6.04 Å². The quantitative estimate of drug-likeness (QED) is 0.881. The highest BCUT2D eigenvalue weighted by Gasteiger charge is 2.43. The minimum absolute atomic E-state index is 0.0473. The maximum atomic E-state index is 6.33. The third kappa shape index (κ3) is 2.19. The van der Waals surface area contributed by atoms with Gasteiger partial charge in [0.2, 0.25) is 0 Å². The number of rotatable bonds is 2. The van der Waals surface area contributed by atoms with Crippen LogP contribution in [0.4, 0.5) is 0 Å². The van der Waals surface area contributed by atoms with E-state index in [0.717, 1.165) is 37.4 Å². The number of nitrogens with one attached hydrogen (secondary N) is 1. The molecule has 1 N–H and O–H groups in total. The summed E-state index contributed by atoms with van der Waals surface area (Å²) in [6.45, 7) is 1.98. The first kappa shape index (κ1) is 12.8. The molecule has 3 rings (SSSR count). The highest BCUT2D eigenvalue weighted by Crippen LogP contribution is 2.45. The van der Waals surface area contributed by atoms with E-state index in [4.69, 9.17) is 9.47 Å². The predicted molar refractivity (Wildman–Crippen MR) is 74.9 cm³/mol. The van der Waals surface area contributed by atoms with Crippen molar-refractivity contribution < 1.29 is 9.47 Å². The molecular formula is C15H22N2O2. The maximum absolute atomic E-state index is 6.33. The molecule has 1 aromatic rings. The molecule has 2 heterocycles. The number of nitrogens with zero attached hydrogens (tertiary/aromatic N) is 1. The normalized spacial score (nSPS) is 29.4. The Hall–Kier alpha value is -1.26. The molecule has 19 heavy (non-hydrogen) atoms. The maximum Gasteiger partial charge on any atom is 0.128 e. The van der Waals surface area contributed by atoms with Crippen molar-refractivity contribution in [3.8, 4) is 11.5 Å². The molecule has 1 saturated heterocycles. The molecule has 0 radical (unpaired) electrons. The molecule has 104 valence electrons. The van der Waals surface area contributed by atoms with Gasteiger partial charge in [0, 0.05) is 37.1 Å². The summed E-state index contributed by atoms with van der Waals surface area (Å²) in [6.07, 6.45) is 2.13. The van der Waals surface area contributed by atoms with Crippen molar-refractivity contribution in [2.75, 3.05) is 34.3 Å². The summed E-state index contributed by atoms with van der Waals surface area (Å²) in [7, 11) is 5.97. The Kier molecular flexibility index (Phi) is 3.15. The smallest absolute Gasteiger partial charge is 0.128 e. The number of fused-ring (bicyclic) bond motifs is 1. The monoisotopic (exact) mass is 262 g/mol. The number of methoxy groups -OCH3 is 1. The number of ether oxygens (including phenoxy) is 2. The average molecular weight is 262 g/mol. The van der Waals surface area contributed by atoms with E-state index in [-0.39, 0.29) is 5.60 Å². The summed E-state index contributed by atoms with van der Waals surface area (Å²) >= 11 is 0. The van der Waals surface area contributed by atoms with Gasteiger partial charge in [-0.15, -0.1) is 0 Å². The van der Waals surface area contributed by atoms with Crippen molar-refractivity contribution in [2.45, 2.75) is 24.5 Å². The first-order chi connectivity index (χ1) is 9.13. The summed E-state index contributed by atoms with van der Waals surface area (Å²) in [6, 6.07) is 6.58.